The molecule has 1 aromatic heterocycles. The molecule has 5 heteroatoms. The van der Waals surface area contributed by atoms with E-state index in [0.717, 1.165) is 31.6 Å². The van der Waals surface area contributed by atoms with Crippen molar-refractivity contribution < 1.29 is 4.79 Å². The van der Waals surface area contributed by atoms with Crippen molar-refractivity contribution in [3.8, 4) is 0 Å². The number of hydrogen-bond donors (Lipinski definition) is 1. The van der Waals surface area contributed by atoms with E-state index in [1.807, 2.05) is 12.3 Å². The average Bonchev–Trinajstić information content (AvgIpc) is 3.20. The number of benzene rings is 2. The molecule has 0 saturated carbocycles. The molecule has 0 spiro atoms. The fraction of sp³-hybridized carbons (Fsp3) is 0.333. The minimum atomic E-state index is 0.117. The molecular weight excluding hydrogens is 360 g/mol. The third-order valence-corrected chi connectivity index (χ3v) is 5.56. The molecule has 0 bridgehead atoms. The van der Waals surface area contributed by atoms with Crippen molar-refractivity contribution in [2.24, 2.45) is 0 Å². The predicted molar refractivity (Wildman–Crippen MR) is 115 cm³/mol. The van der Waals surface area contributed by atoms with Crippen molar-refractivity contribution in [3.05, 3.63) is 83.9 Å². The van der Waals surface area contributed by atoms with E-state index in [-0.39, 0.29) is 11.9 Å². The second-order valence-corrected chi connectivity index (χ2v) is 7.70. The van der Waals surface area contributed by atoms with E-state index in [1.165, 1.54) is 16.8 Å². The van der Waals surface area contributed by atoms with Crippen LogP contribution in [0.15, 0.2) is 67.1 Å². The van der Waals surface area contributed by atoms with Crippen LogP contribution in [0.25, 0.3) is 0 Å². The highest BCUT2D eigenvalue weighted by molar-refractivity contribution is 5.77. The van der Waals surface area contributed by atoms with Crippen molar-refractivity contribution >= 4 is 11.6 Å². The van der Waals surface area contributed by atoms with Gasteiger partial charge in [0.2, 0.25) is 5.91 Å². The zero-order chi connectivity index (χ0) is 20.1. The third kappa shape index (κ3) is 4.50. The molecule has 150 valence electrons. The molecule has 1 unspecified atom stereocenters. The highest BCUT2D eigenvalue weighted by Gasteiger charge is 2.30. The Kier molecular flexibility index (Phi) is 5.94. The molecular formula is C24H28N4O. The Hall–Kier alpha value is -3.08. The number of aromatic nitrogens is 2. The standard InChI is InChI=1S/C24H28N4O/c1-2-8-24(29)28-15-20-11-6-7-12-23(20)27(16-21-14-25-18-26-21)17-22(28)13-19-9-4-3-5-10-19/h3-7,9-12,14,18,22H,2,8,13,15-17H2,1H3,(H,25,26). The predicted octanol–water partition coefficient (Wildman–Crippen LogP) is 4.17. The van der Waals surface area contributed by atoms with Gasteiger partial charge in [-0.1, -0.05) is 55.5 Å². The van der Waals surface area contributed by atoms with Gasteiger partial charge in [-0.15, -0.1) is 0 Å². The number of amides is 1. The second kappa shape index (κ2) is 8.95. The molecule has 29 heavy (non-hydrogen) atoms. The third-order valence-electron chi connectivity index (χ3n) is 5.56. The van der Waals surface area contributed by atoms with Gasteiger partial charge in [0, 0.05) is 31.4 Å². The molecule has 0 saturated heterocycles. The van der Waals surface area contributed by atoms with E-state index < -0.39 is 0 Å². The van der Waals surface area contributed by atoms with Crippen LogP contribution < -0.4 is 4.90 Å². The monoisotopic (exact) mass is 388 g/mol. The summed E-state index contributed by atoms with van der Waals surface area (Å²) in [4.78, 5) is 25.0. The molecule has 5 nitrogen and oxygen atoms in total. The normalized spacial score (nSPS) is 16.4. The molecule has 2 heterocycles. The molecule has 0 fully saturated rings. The number of nitrogens with zero attached hydrogens (tertiary/aromatic N) is 3. The van der Waals surface area contributed by atoms with Crippen LogP contribution in [0.4, 0.5) is 5.69 Å². The average molecular weight is 389 g/mol. The van der Waals surface area contributed by atoms with E-state index in [2.05, 4.69) is 75.2 Å². The molecule has 1 amide bonds. The summed E-state index contributed by atoms with van der Waals surface area (Å²) < 4.78 is 0. The lowest BCUT2D eigenvalue weighted by Gasteiger charge is -2.33. The van der Waals surface area contributed by atoms with Gasteiger partial charge in [-0.3, -0.25) is 4.79 Å². The number of carbonyl (C=O) groups is 1. The fourth-order valence-corrected chi connectivity index (χ4v) is 4.15. The summed E-state index contributed by atoms with van der Waals surface area (Å²) in [7, 11) is 0. The molecule has 0 aliphatic carbocycles. The SMILES string of the molecule is CCCC(=O)N1Cc2ccccc2N(Cc2cnc[nH]2)CC1Cc1ccccc1. The Bertz CT molecular complexity index is 923. The molecule has 3 aromatic rings. The molecule has 0 radical (unpaired) electrons. The van der Waals surface area contributed by atoms with Gasteiger partial charge in [0.25, 0.3) is 0 Å². The number of hydrogen-bond acceptors (Lipinski definition) is 3. The molecule has 2 aromatic carbocycles. The summed E-state index contributed by atoms with van der Waals surface area (Å²) in [5.41, 5.74) is 4.74. The van der Waals surface area contributed by atoms with Crippen molar-refractivity contribution in [1.29, 1.82) is 0 Å². The quantitative estimate of drug-likeness (QED) is 0.690. The Balaban J connectivity index is 1.69. The zero-order valence-corrected chi connectivity index (χ0v) is 16.9. The van der Waals surface area contributed by atoms with Gasteiger partial charge in [0.05, 0.1) is 24.6 Å². The van der Waals surface area contributed by atoms with Gasteiger partial charge in [0.15, 0.2) is 0 Å². The van der Waals surface area contributed by atoms with Crippen LogP contribution in [-0.2, 0) is 24.3 Å². The number of nitrogens with one attached hydrogen (secondary N) is 1. The van der Waals surface area contributed by atoms with Crippen molar-refractivity contribution in [1.82, 2.24) is 14.9 Å². The van der Waals surface area contributed by atoms with E-state index in [9.17, 15) is 4.79 Å². The zero-order valence-electron chi connectivity index (χ0n) is 16.9. The lowest BCUT2D eigenvalue weighted by atomic mass is 10.0. The second-order valence-electron chi connectivity index (χ2n) is 7.70. The summed E-state index contributed by atoms with van der Waals surface area (Å²) in [6.45, 7) is 4.27. The number of imidazole rings is 1. The van der Waals surface area contributed by atoms with E-state index >= 15 is 0 Å². The van der Waals surface area contributed by atoms with E-state index in [4.69, 9.17) is 0 Å². The Morgan fingerprint density at radius 1 is 1.14 bits per heavy atom. The van der Waals surface area contributed by atoms with Gasteiger partial charge < -0.3 is 14.8 Å². The number of H-pyrrole nitrogens is 1. The number of para-hydroxylation sites is 1. The van der Waals surface area contributed by atoms with Crippen molar-refractivity contribution in [2.75, 3.05) is 11.4 Å². The van der Waals surface area contributed by atoms with Crippen LogP contribution in [0.5, 0.6) is 0 Å². The molecule has 4 rings (SSSR count). The van der Waals surface area contributed by atoms with Crippen LogP contribution in [-0.4, -0.2) is 33.4 Å². The Labute approximate surface area is 172 Å². The Morgan fingerprint density at radius 2 is 1.93 bits per heavy atom. The number of aromatic amines is 1. The van der Waals surface area contributed by atoms with Gasteiger partial charge in [0.1, 0.15) is 0 Å². The van der Waals surface area contributed by atoms with Crippen molar-refractivity contribution in [2.45, 2.75) is 45.3 Å². The van der Waals surface area contributed by atoms with Crippen LogP contribution in [0, 0.1) is 0 Å². The summed E-state index contributed by atoms with van der Waals surface area (Å²) >= 11 is 0. The van der Waals surface area contributed by atoms with Crippen LogP contribution >= 0.6 is 0 Å². The highest BCUT2D eigenvalue weighted by atomic mass is 16.2. The molecule has 1 atom stereocenters. The largest absolute Gasteiger partial charge is 0.363 e. The van der Waals surface area contributed by atoms with E-state index in [0.29, 0.717) is 13.0 Å². The van der Waals surface area contributed by atoms with Crippen LogP contribution in [0.3, 0.4) is 0 Å². The number of fused-ring (bicyclic) bond motifs is 1. The summed E-state index contributed by atoms with van der Waals surface area (Å²) in [6.07, 6.45) is 5.90. The minimum absolute atomic E-state index is 0.117. The van der Waals surface area contributed by atoms with Crippen LogP contribution in [0.1, 0.15) is 36.6 Å². The topological polar surface area (TPSA) is 52.2 Å². The van der Waals surface area contributed by atoms with Gasteiger partial charge >= 0.3 is 0 Å². The number of anilines is 1. The Morgan fingerprint density at radius 3 is 2.69 bits per heavy atom. The maximum Gasteiger partial charge on any atom is 0.223 e. The smallest absolute Gasteiger partial charge is 0.223 e. The first-order valence-electron chi connectivity index (χ1n) is 10.4. The lowest BCUT2D eigenvalue weighted by molar-refractivity contribution is -0.134. The number of carbonyl (C=O) groups excluding carboxylic acids is 1. The van der Waals surface area contributed by atoms with E-state index in [1.54, 1.807) is 6.33 Å². The minimum Gasteiger partial charge on any atom is -0.363 e. The van der Waals surface area contributed by atoms with Gasteiger partial charge in [-0.2, -0.15) is 0 Å². The lowest BCUT2D eigenvalue weighted by Crippen LogP contribution is -2.45. The fourth-order valence-electron chi connectivity index (χ4n) is 4.15. The first-order chi connectivity index (χ1) is 14.2. The number of rotatable bonds is 6. The first-order valence-corrected chi connectivity index (χ1v) is 10.4. The maximum absolute atomic E-state index is 13.1. The molecule has 1 N–H and O–H groups in total. The highest BCUT2D eigenvalue weighted by Crippen LogP contribution is 2.30. The van der Waals surface area contributed by atoms with Gasteiger partial charge in [-0.25, -0.2) is 4.98 Å². The molecule has 1 aliphatic rings. The summed E-state index contributed by atoms with van der Waals surface area (Å²) in [6, 6.07) is 19.1. The summed E-state index contributed by atoms with van der Waals surface area (Å²) in [5.74, 6) is 0.242. The van der Waals surface area contributed by atoms with Crippen molar-refractivity contribution in [3.63, 3.8) is 0 Å². The molecule has 1 aliphatic heterocycles. The van der Waals surface area contributed by atoms with Gasteiger partial charge in [-0.05, 0) is 30.0 Å². The maximum atomic E-state index is 13.1. The summed E-state index contributed by atoms with van der Waals surface area (Å²) in [5, 5.41) is 0. The first kappa shape index (κ1) is 19.2. The van der Waals surface area contributed by atoms with Crippen LogP contribution in [0.2, 0.25) is 0 Å².